The van der Waals surface area contributed by atoms with E-state index in [9.17, 15) is 12.8 Å². The molecule has 0 unspecified atom stereocenters. The van der Waals surface area contributed by atoms with Gasteiger partial charge < -0.3 is 5.73 Å². The van der Waals surface area contributed by atoms with Crippen molar-refractivity contribution in [2.45, 2.75) is 34.5 Å². The fraction of sp³-hybridized carbons (Fsp3) is 0.538. The van der Waals surface area contributed by atoms with Gasteiger partial charge in [0.15, 0.2) is 9.84 Å². The van der Waals surface area contributed by atoms with Crippen molar-refractivity contribution in [3.05, 3.63) is 23.5 Å². The maximum atomic E-state index is 14.1. The number of nitrogens with two attached hydrogens (primary N) is 1. The molecule has 0 spiro atoms. The van der Waals surface area contributed by atoms with Crippen LogP contribution in [0.5, 0.6) is 0 Å². The summed E-state index contributed by atoms with van der Waals surface area (Å²) in [6.07, 6.45) is 5.63. The molecule has 6 heteroatoms. The van der Waals surface area contributed by atoms with Crippen molar-refractivity contribution in [3.63, 3.8) is 0 Å². The topological polar surface area (TPSA) is 60.2 Å². The second kappa shape index (κ2) is 5.07. The molecule has 0 saturated heterocycles. The van der Waals surface area contributed by atoms with Crippen molar-refractivity contribution in [1.29, 1.82) is 0 Å². The minimum atomic E-state index is -3.44. The fourth-order valence-corrected chi connectivity index (χ4v) is 4.56. The number of rotatable bonds is 4. The molecular formula is C13H18FNO2S2. The molecule has 2 N–H and O–H groups in total. The van der Waals surface area contributed by atoms with Gasteiger partial charge in [-0.3, -0.25) is 0 Å². The van der Waals surface area contributed by atoms with Crippen molar-refractivity contribution < 1.29 is 12.8 Å². The number of hydrogen-bond acceptors (Lipinski definition) is 4. The second-order valence-corrected chi connectivity index (χ2v) is 7.90. The predicted molar refractivity (Wildman–Crippen MR) is 75.9 cm³/mol. The highest BCUT2D eigenvalue weighted by atomic mass is 32.2. The van der Waals surface area contributed by atoms with E-state index < -0.39 is 15.7 Å². The highest BCUT2D eigenvalue weighted by Crippen LogP contribution is 2.44. The summed E-state index contributed by atoms with van der Waals surface area (Å²) in [7, 11) is -3.44. The van der Waals surface area contributed by atoms with E-state index in [2.05, 4.69) is 0 Å². The zero-order valence-corrected chi connectivity index (χ0v) is 12.7. The first-order valence-corrected chi connectivity index (χ1v) is 9.24. The first kappa shape index (κ1) is 14.8. The average Bonchev–Trinajstić information content (AvgIpc) is 2.26. The van der Waals surface area contributed by atoms with Gasteiger partial charge in [0.25, 0.3) is 0 Å². The van der Waals surface area contributed by atoms with Crippen LogP contribution in [0, 0.1) is 5.82 Å². The van der Waals surface area contributed by atoms with Crippen LogP contribution in [-0.4, -0.2) is 27.5 Å². The molecule has 0 bridgehead atoms. The molecule has 3 nitrogen and oxygen atoms in total. The molecule has 1 aliphatic rings. The van der Waals surface area contributed by atoms with Crippen molar-refractivity contribution in [2.24, 2.45) is 5.73 Å². The van der Waals surface area contributed by atoms with Crippen LogP contribution >= 0.6 is 11.8 Å². The third-order valence-corrected chi connectivity index (χ3v) is 6.00. The molecule has 0 amide bonds. The van der Waals surface area contributed by atoms with Crippen LogP contribution in [0.1, 0.15) is 24.8 Å². The Balaban J connectivity index is 2.64. The summed E-state index contributed by atoms with van der Waals surface area (Å²) in [5, 5.41) is 0. The second-order valence-electron chi connectivity index (χ2n) is 5.10. The molecule has 0 heterocycles. The minimum absolute atomic E-state index is 0.0784. The third kappa shape index (κ3) is 2.53. The van der Waals surface area contributed by atoms with Crippen LogP contribution < -0.4 is 5.73 Å². The van der Waals surface area contributed by atoms with Crippen LogP contribution in [0.25, 0.3) is 0 Å². The predicted octanol–water partition coefficient (Wildman–Crippen LogP) is 2.33. The molecule has 1 aromatic carbocycles. The maximum absolute atomic E-state index is 14.1. The Labute approximate surface area is 117 Å². The lowest BCUT2D eigenvalue weighted by molar-refractivity contribution is 0.251. The molecule has 0 aliphatic heterocycles. The molecule has 19 heavy (non-hydrogen) atoms. The monoisotopic (exact) mass is 303 g/mol. The quantitative estimate of drug-likeness (QED) is 0.867. The normalized spacial score (nSPS) is 18.1. The molecule has 106 valence electrons. The van der Waals surface area contributed by atoms with E-state index in [1.165, 1.54) is 6.07 Å². The number of hydrogen-bond donors (Lipinski definition) is 1. The molecule has 2 rings (SSSR count). The van der Waals surface area contributed by atoms with E-state index in [-0.39, 0.29) is 15.2 Å². The Morgan fingerprint density at radius 2 is 2.05 bits per heavy atom. The summed E-state index contributed by atoms with van der Waals surface area (Å²) in [5.41, 5.74) is 6.28. The van der Waals surface area contributed by atoms with Crippen LogP contribution in [0.2, 0.25) is 0 Å². The summed E-state index contributed by atoms with van der Waals surface area (Å²) in [4.78, 5) is 0.271. The molecule has 0 radical (unpaired) electrons. The standard InChI is InChI=1S/C13H18FNO2S2/c1-18-12-10(14)6-9(7-11(12)19(2,16)17)13(8-15)4-3-5-13/h6-7H,3-5,8,15H2,1-2H3. The van der Waals surface area contributed by atoms with Gasteiger partial charge in [0, 0.05) is 18.2 Å². The average molecular weight is 303 g/mol. The smallest absolute Gasteiger partial charge is 0.176 e. The Hall–Kier alpha value is -0.590. The first-order valence-electron chi connectivity index (χ1n) is 6.12. The minimum Gasteiger partial charge on any atom is -0.330 e. The number of thioether (sulfide) groups is 1. The van der Waals surface area contributed by atoms with E-state index in [4.69, 9.17) is 5.73 Å². The molecule has 1 saturated carbocycles. The van der Waals surface area contributed by atoms with Gasteiger partial charge in [-0.1, -0.05) is 6.42 Å². The summed E-state index contributed by atoms with van der Waals surface area (Å²) >= 11 is 1.12. The van der Waals surface area contributed by atoms with Gasteiger partial charge in [0.1, 0.15) is 5.82 Å². The molecule has 1 aliphatic carbocycles. The molecule has 1 aromatic rings. The van der Waals surface area contributed by atoms with Crippen molar-refractivity contribution in [3.8, 4) is 0 Å². The Bertz CT molecular complexity index is 589. The van der Waals surface area contributed by atoms with Crippen molar-refractivity contribution in [2.75, 3.05) is 19.1 Å². The third-order valence-electron chi connectivity index (χ3n) is 3.93. The molecule has 1 fully saturated rings. The SMILES string of the molecule is CSc1c(F)cc(C2(CN)CCC2)cc1S(C)(=O)=O. The van der Waals surface area contributed by atoms with Gasteiger partial charge in [-0.2, -0.15) is 0 Å². The lowest BCUT2D eigenvalue weighted by Crippen LogP contribution is -2.41. The summed E-state index contributed by atoms with van der Waals surface area (Å²) in [5.74, 6) is -0.467. The largest absolute Gasteiger partial charge is 0.330 e. The Morgan fingerprint density at radius 3 is 2.42 bits per heavy atom. The van der Waals surface area contributed by atoms with Crippen LogP contribution in [0.4, 0.5) is 4.39 Å². The highest BCUT2D eigenvalue weighted by Gasteiger charge is 2.38. The summed E-state index contributed by atoms with van der Waals surface area (Å²) < 4.78 is 37.8. The number of halogens is 1. The zero-order chi connectivity index (χ0) is 14.3. The van der Waals surface area contributed by atoms with Crippen LogP contribution in [0.15, 0.2) is 21.9 Å². The Morgan fingerprint density at radius 1 is 1.42 bits per heavy atom. The number of benzene rings is 1. The van der Waals surface area contributed by atoms with E-state index in [1.54, 1.807) is 12.3 Å². The lowest BCUT2D eigenvalue weighted by Gasteiger charge is -2.41. The number of sulfone groups is 1. The van der Waals surface area contributed by atoms with E-state index in [0.29, 0.717) is 6.54 Å². The highest BCUT2D eigenvalue weighted by molar-refractivity contribution is 7.99. The summed E-state index contributed by atoms with van der Waals surface area (Å²) in [6.45, 7) is 0.425. The van der Waals surface area contributed by atoms with Gasteiger partial charge in [-0.15, -0.1) is 11.8 Å². The van der Waals surface area contributed by atoms with Gasteiger partial charge in [-0.05, 0) is 36.8 Å². The van der Waals surface area contributed by atoms with Crippen LogP contribution in [-0.2, 0) is 15.3 Å². The Kier molecular flexibility index (Phi) is 3.95. The zero-order valence-electron chi connectivity index (χ0n) is 11.1. The van der Waals surface area contributed by atoms with Gasteiger partial charge in [0.05, 0.1) is 9.79 Å². The van der Waals surface area contributed by atoms with Gasteiger partial charge >= 0.3 is 0 Å². The maximum Gasteiger partial charge on any atom is 0.176 e. The lowest BCUT2D eigenvalue weighted by atomic mass is 9.64. The first-order chi connectivity index (χ1) is 8.84. The van der Waals surface area contributed by atoms with Crippen LogP contribution in [0.3, 0.4) is 0 Å². The van der Waals surface area contributed by atoms with E-state index >= 15 is 0 Å². The fourth-order valence-electron chi connectivity index (χ4n) is 2.56. The van der Waals surface area contributed by atoms with Crippen molar-refractivity contribution in [1.82, 2.24) is 0 Å². The van der Waals surface area contributed by atoms with Gasteiger partial charge in [0.2, 0.25) is 0 Å². The molecule has 0 atom stereocenters. The van der Waals surface area contributed by atoms with Gasteiger partial charge in [-0.25, -0.2) is 12.8 Å². The van der Waals surface area contributed by atoms with E-state index in [1.807, 2.05) is 0 Å². The van der Waals surface area contributed by atoms with Crippen molar-refractivity contribution >= 4 is 21.6 Å². The molecular weight excluding hydrogens is 285 g/mol. The molecule has 0 aromatic heterocycles. The van der Waals surface area contributed by atoms with E-state index in [0.717, 1.165) is 42.8 Å². The summed E-state index contributed by atoms with van der Waals surface area (Å²) in [6, 6.07) is 3.06.